The highest BCUT2D eigenvalue weighted by atomic mass is 16.3. The number of amides is 1. The quantitative estimate of drug-likeness (QED) is 0.313. The van der Waals surface area contributed by atoms with Crippen LogP contribution in [0.5, 0.6) is 5.75 Å². The maximum atomic E-state index is 11.9. The van der Waals surface area contributed by atoms with E-state index in [0.717, 1.165) is 31.6 Å². The molecule has 1 heterocycles. The molecule has 174 valence electrons. The van der Waals surface area contributed by atoms with E-state index in [4.69, 9.17) is 0 Å². The summed E-state index contributed by atoms with van der Waals surface area (Å²) in [6.45, 7) is 5.86. The van der Waals surface area contributed by atoms with E-state index in [0.29, 0.717) is 6.42 Å². The van der Waals surface area contributed by atoms with Gasteiger partial charge in [-0.25, -0.2) is 0 Å². The lowest BCUT2D eigenvalue weighted by Crippen LogP contribution is -2.46. The van der Waals surface area contributed by atoms with Crippen molar-refractivity contribution in [2.45, 2.75) is 57.8 Å². The van der Waals surface area contributed by atoms with Crippen molar-refractivity contribution in [3.63, 3.8) is 0 Å². The van der Waals surface area contributed by atoms with E-state index in [1.54, 1.807) is 24.3 Å². The van der Waals surface area contributed by atoms with Crippen molar-refractivity contribution in [1.82, 2.24) is 4.90 Å². The molecule has 32 heavy (non-hydrogen) atoms. The summed E-state index contributed by atoms with van der Waals surface area (Å²) in [6, 6.07) is 17.4. The number of hydrogen-bond donors (Lipinski definition) is 2. The lowest BCUT2D eigenvalue weighted by atomic mass is 10.1. The fraction of sp³-hybridized carbons (Fsp3) is 0.519. The van der Waals surface area contributed by atoms with Gasteiger partial charge in [0.15, 0.2) is 0 Å². The number of benzene rings is 2. The maximum Gasteiger partial charge on any atom is 0.224 e. The number of nitrogens with zero attached hydrogens (tertiary/aromatic N) is 2. The Balaban J connectivity index is 1.11. The van der Waals surface area contributed by atoms with Crippen LogP contribution in [0.25, 0.3) is 0 Å². The minimum absolute atomic E-state index is 0.0558. The first-order valence-corrected chi connectivity index (χ1v) is 12.3. The van der Waals surface area contributed by atoms with E-state index < -0.39 is 0 Å². The highest BCUT2D eigenvalue weighted by Crippen LogP contribution is 2.17. The first-order chi connectivity index (χ1) is 15.7. The number of unbranched alkanes of at least 4 members (excludes halogenated alkanes) is 7. The number of rotatable bonds is 13. The predicted octanol–water partition coefficient (Wildman–Crippen LogP) is 5.66. The number of phenols is 1. The zero-order valence-corrected chi connectivity index (χ0v) is 19.3. The van der Waals surface area contributed by atoms with E-state index in [9.17, 15) is 9.90 Å². The maximum absolute atomic E-state index is 11.9. The second-order valence-electron chi connectivity index (χ2n) is 8.84. The van der Waals surface area contributed by atoms with Gasteiger partial charge >= 0.3 is 0 Å². The Hall–Kier alpha value is -2.53. The number of hydrogen-bond acceptors (Lipinski definition) is 4. The zero-order chi connectivity index (χ0) is 22.4. The number of piperazine rings is 1. The Kier molecular flexibility index (Phi) is 10.4. The number of anilines is 2. The average Bonchev–Trinajstić information content (AvgIpc) is 2.83. The van der Waals surface area contributed by atoms with Gasteiger partial charge in [-0.1, -0.05) is 56.7 Å². The summed E-state index contributed by atoms with van der Waals surface area (Å²) < 4.78 is 0. The largest absolute Gasteiger partial charge is 0.508 e. The van der Waals surface area contributed by atoms with Crippen LogP contribution in [0, 0.1) is 0 Å². The van der Waals surface area contributed by atoms with E-state index in [1.165, 1.54) is 63.8 Å². The van der Waals surface area contributed by atoms with Gasteiger partial charge in [0.2, 0.25) is 5.91 Å². The van der Waals surface area contributed by atoms with Crippen molar-refractivity contribution in [3.8, 4) is 5.75 Å². The summed E-state index contributed by atoms with van der Waals surface area (Å²) >= 11 is 0. The van der Waals surface area contributed by atoms with Crippen LogP contribution in [0.1, 0.15) is 57.8 Å². The normalized spacial score (nSPS) is 14.4. The molecular formula is C27H39N3O2. The molecule has 0 aliphatic carbocycles. The number of carbonyl (C=O) groups excluding carboxylic acids is 1. The summed E-state index contributed by atoms with van der Waals surface area (Å²) in [6.07, 6.45) is 10.4. The number of para-hydroxylation sites is 1. The fourth-order valence-corrected chi connectivity index (χ4v) is 4.32. The van der Waals surface area contributed by atoms with Crippen LogP contribution in [-0.4, -0.2) is 48.6 Å². The molecule has 1 aliphatic rings. The highest BCUT2D eigenvalue weighted by Gasteiger charge is 2.16. The molecule has 0 spiro atoms. The lowest BCUT2D eigenvalue weighted by molar-refractivity contribution is -0.116. The minimum atomic E-state index is 0.0558. The minimum Gasteiger partial charge on any atom is -0.508 e. The molecule has 3 rings (SSSR count). The van der Waals surface area contributed by atoms with Crippen LogP contribution in [0.15, 0.2) is 54.6 Å². The molecule has 2 aromatic carbocycles. The summed E-state index contributed by atoms with van der Waals surface area (Å²) in [5.41, 5.74) is 2.09. The summed E-state index contributed by atoms with van der Waals surface area (Å²) in [5, 5.41) is 12.1. The number of nitrogens with one attached hydrogen (secondary N) is 1. The Bertz CT molecular complexity index is 771. The van der Waals surface area contributed by atoms with Gasteiger partial charge in [0.05, 0.1) is 0 Å². The van der Waals surface area contributed by atoms with Gasteiger partial charge in [0.25, 0.3) is 0 Å². The van der Waals surface area contributed by atoms with Crippen LogP contribution in [0.4, 0.5) is 11.4 Å². The molecule has 2 N–H and O–H groups in total. The van der Waals surface area contributed by atoms with Crippen LogP contribution in [0.3, 0.4) is 0 Å². The second kappa shape index (κ2) is 13.8. The molecule has 5 nitrogen and oxygen atoms in total. The molecule has 0 atom stereocenters. The monoisotopic (exact) mass is 437 g/mol. The van der Waals surface area contributed by atoms with E-state index in [2.05, 4.69) is 45.4 Å². The predicted molar refractivity (Wildman–Crippen MR) is 133 cm³/mol. The molecule has 2 aromatic rings. The molecule has 1 amide bonds. The number of phenolic OH excluding ortho intramolecular Hbond substituents is 1. The Labute approximate surface area is 193 Å². The molecule has 1 aliphatic heterocycles. The van der Waals surface area contributed by atoms with Crippen LogP contribution in [0.2, 0.25) is 0 Å². The van der Waals surface area contributed by atoms with Crippen LogP contribution in [-0.2, 0) is 4.79 Å². The Morgan fingerprint density at radius 3 is 2.00 bits per heavy atom. The van der Waals surface area contributed by atoms with Crippen molar-refractivity contribution in [2.24, 2.45) is 0 Å². The molecule has 0 saturated carbocycles. The number of carbonyl (C=O) groups is 1. The Morgan fingerprint density at radius 2 is 1.34 bits per heavy atom. The third-order valence-corrected chi connectivity index (χ3v) is 6.27. The first-order valence-electron chi connectivity index (χ1n) is 12.3. The molecule has 0 bridgehead atoms. The third kappa shape index (κ3) is 8.91. The van der Waals surface area contributed by atoms with Gasteiger partial charge in [-0.05, 0) is 55.8 Å². The molecule has 5 heteroatoms. The lowest BCUT2D eigenvalue weighted by Gasteiger charge is -2.36. The van der Waals surface area contributed by atoms with Crippen molar-refractivity contribution in [2.75, 3.05) is 42.9 Å². The van der Waals surface area contributed by atoms with Crippen molar-refractivity contribution < 1.29 is 9.90 Å². The average molecular weight is 438 g/mol. The Morgan fingerprint density at radius 1 is 0.750 bits per heavy atom. The van der Waals surface area contributed by atoms with Crippen LogP contribution >= 0.6 is 0 Å². The molecular weight excluding hydrogens is 398 g/mol. The molecule has 0 radical (unpaired) electrons. The standard InChI is InChI=1S/C27H39N3O2/c31-26-17-15-24(16-18-26)28-27(32)14-10-5-3-1-2-4-6-11-19-29-20-22-30(23-21-29)25-12-8-7-9-13-25/h7-9,12-13,15-18,31H,1-6,10-11,14,19-23H2,(H,28,32). The van der Waals surface area contributed by atoms with Crippen molar-refractivity contribution in [1.29, 1.82) is 0 Å². The van der Waals surface area contributed by atoms with E-state index in [1.807, 2.05) is 0 Å². The van der Waals surface area contributed by atoms with Gasteiger partial charge in [0, 0.05) is 44.0 Å². The SMILES string of the molecule is O=C(CCCCCCCCCCN1CCN(c2ccccc2)CC1)Nc1ccc(O)cc1. The van der Waals surface area contributed by atoms with Crippen molar-refractivity contribution >= 4 is 17.3 Å². The summed E-state index contributed by atoms with van der Waals surface area (Å²) in [7, 11) is 0. The fourth-order valence-electron chi connectivity index (χ4n) is 4.32. The summed E-state index contributed by atoms with van der Waals surface area (Å²) in [4.78, 5) is 17.1. The number of aromatic hydroxyl groups is 1. The van der Waals surface area contributed by atoms with Gasteiger partial charge in [-0.2, -0.15) is 0 Å². The third-order valence-electron chi connectivity index (χ3n) is 6.27. The smallest absolute Gasteiger partial charge is 0.224 e. The topological polar surface area (TPSA) is 55.8 Å². The van der Waals surface area contributed by atoms with Gasteiger partial charge in [-0.15, -0.1) is 0 Å². The summed E-state index contributed by atoms with van der Waals surface area (Å²) in [5.74, 6) is 0.268. The van der Waals surface area contributed by atoms with E-state index in [-0.39, 0.29) is 11.7 Å². The van der Waals surface area contributed by atoms with Crippen LogP contribution < -0.4 is 10.2 Å². The highest BCUT2D eigenvalue weighted by molar-refractivity contribution is 5.90. The first kappa shape index (κ1) is 24.1. The molecule has 0 unspecified atom stereocenters. The van der Waals surface area contributed by atoms with Gasteiger partial charge < -0.3 is 15.3 Å². The zero-order valence-electron chi connectivity index (χ0n) is 19.3. The van der Waals surface area contributed by atoms with E-state index >= 15 is 0 Å². The molecule has 1 fully saturated rings. The van der Waals surface area contributed by atoms with Gasteiger partial charge in [-0.3, -0.25) is 9.69 Å². The second-order valence-corrected chi connectivity index (χ2v) is 8.84. The molecule has 1 saturated heterocycles. The van der Waals surface area contributed by atoms with Gasteiger partial charge in [0.1, 0.15) is 5.75 Å². The molecule has 0 aromatic heterocycles. The van der Waals surface area contributed by atoms with Crippen molar-refractivity contribution in [3.05, 3.63) is 54.6 Å².